The monoisotopic (exact) mass is 432 g/mol. The molecule has 3 aromatic rings. The number of pyridine rings is 2. The molecule has 2 aromatic heterocycles. The van der Waals surface area contributed by atoms with Gasteiger partial charge in [0, 0.05) is 35.4 Å². The highest BCUT2D eigenvalue weighted by Crippen LogP contribution is 2.42. The van der Waals surface area contributed by atoms with E-state index in [1.54, 1.807) is 18.3 Å². The molecule has 0 radical (unpaired) electrons. The van der Waals surface area contributed by atoms with E-state index in [1.165, 1.54) is 6.42 Å². The summed E-state index contributed by atoms with van der Waals surface area (Å²) in [5.41, 5.74) is 2.35. The van der Waals surface area contributed by atoms with Gasteiger partial charge in [-0.1, -0.05) is 35.9 Å². The lowest BCUT2D eigenvalue weighted by Crippen LogP contribution is -2.57. The molecule has 0 spiro atoms. The average Bonchev–Trinajstić information content (AvgIpc) is 2.82. The van der Waals surface area contributed by atoms with Crippen molar-refractivity contribution in [1.82, 2.24) is 20.2 Å². The van der Waals surface area contributed by atoms with Gasteiger partial charge in [-0.05, 0) is 61.1 Å². The van der Waals surface area contributed by atoms with Crippen LogP contribution in [0, 0.1) is 11.8 Å². The summed E-state index contributed by atoms with van der Waals surface area (Å²) in [7, 11) is 0. The van der Waals surface area contributed by atoms with E-state index in [9.17, 15) is 4.79 Å². The third kappa shape index (κ3) is 3.84. The Labute approximate surface area is 187 Å². The van der Waals surface area contributed by atoms with E-state index >= 15 is 0 Å². The molecule has 5 nitrogen and oxygen atoms in total. The van der Waals surface area contributed by atoms with E-state index in [4.69, 9.17) is 11.6 Å². The predicted molar refractivity (Wildman–Crippen MR) is 123 cm³/mol. The van der Waals surface area contributed by atoms with Gasteiger partial charge in [0.1, 0.15) is 5.69 Å². The second kappa shape index (κ2) is 8.40. The molecule has 3 aliphatic heterocycles. The first-order valence-electron chi connectivity index (χ1n) is 10.8. The molecule has 31 heavy (non-hydrogen) atoms. The zero-order valence-corrected chi connectivity index (χ0v) is 18.0. The highest BCUT2D eigenvalue weighted by Gasteiger charge is 2.43. The lowest BCUT2D eigenvalue weighted by Gasteiger charge is -2.51. The third-order valence-electron chi connectivity index (χ3n) is 6.80. The molecule has 2 bridgehead atoms. The Hall–Kier alpha value is -2.76. The van der Waals surface area contributed by atoms with E-state index in [1.807, 2.05) is 30.5 Å². The van der Waals surface area contributed by atoms with Crippen molar-refractivity contribution in [2.45, 2.75) is 24.9 Å². The number of para-hydroxylation sites is 1. The van der Waals surface area contributed by atoms with Crippen molar-refractivity contribution >= 4 is 28.4 Å². The number of hydrogen-bond acceptors (Lipinski definition) is 4. The summed E-state index contributed by atoms with van der Waals surface area (Å²) in [5.74, 6) is 0.908. The number of nitrogens with one attached hydrogen (secondary N) is 1. The van der Waals surface area contributed by atoms with Gasteiger partial charge in [0.05, 0.1) is 11.6 Å². The molecule has 0 aliphatic carbocycles. The molecule has 158 valence electrons. The number of benzene rings is 1. The molecule has 1 unspecified atom stereocenters. The van der Waals surface area contributed by atoms with Gasteiger partial charge in [-0.3, -0.25) is 19.7 Å². The number of rotatable bonds is 5. The largest absolute Gasteiger partial charge is 0.342 e. The molecule has 1 amide bonds. The lowest BCUT2D eigenvalue weighted by molar-refractivity contribution is 0.00167. The highest BCUT2D eigenvalue weighted by atomic mass is 35.5. The Balaban J connectivity index is 1.54. The number of carbonyl (C=O) groups is 1. The molecular formula is C25H25ClN4O. The summed E-state index contributed by atoms with van der Waals surface area (Å²) in [6.45, 7) is 6.08. The quantitative estimate of drug-likeness (QED) is 0.596. The molecule has 3 saturated heterocycles. The van der Waals surface area contributed by atoms with Crippen LogP contribution in [0.3, 0.4) is 0 Å². The Morgan fingerprint density at radius 2 is 2.06 bits per heavy atom. The molecular weight excluding hydrogens is 408 g/mol. The molecule has 1 aromatic carbocycles. The maximum Gasteiger partial charge on any atom is 0.270 e. The number of aromatic nitrogens is 2. The number of nitrogens with zero attached hydrogens (tertiary/aromatic N) is 3. The van der Waals surface area contributed by atoms with Crippen LogP contribution < -0.4 is 5.32 Å². The fourth-order valence-corrected chi connectivity index (χ4v) is 5.40. The van der Waals surface area contributed by atoms with Crippen molar-refractivity contribution in [3.63, 3.8) is 0 Å². The first kappa shape index (κ1) is 20.2. The number of hydrogen-bond donors (Lipinski definition) is 1. The minimum atomic E-state index is -0.212. The van der Waals surface area contributed by atoms with Crippen LogP contribution in [-0.2, 0) is 0 Å². The minimum absolute atomic E-state index is 0.172. The fourth-order valence-electron chi connectivity index (χ4n) is 5.24. The maximum absolute atomic E-state index is 13.2. The summed E-state index contributed by atoms with van der Waals surface area (Å²) < 4.78 is 0. The van der Waals surface area contributed by atoms with E-state index < -0.39 is 0 Å². The molecule has 3 aliphatic rings. The van der Waals surface area contributed by atoms with Crippen molar-refractivity contribution in [2.24, 2.45) is 11.8 Å². The van der Waals surface area contributed by atoms with Gasteiger partial charge in [-0.2, -0.15) is 0 Å². The number of fused-ring (bicyclic) bond motifs is 4. The molecule has 6 heteroatoms. The summed E-state index contributed by atoms with van der Waals surface area (Å²) >= 11 is 6.11. The number of carbonyl (C=O) groups excluding carboxylic acids is 1. The Morgan fingerprint density at radius 1 is 1.23 bits per heavy atom. The van der Waals surface area contributed by atoms with Gasteiger partial charge in [0.2, 0.25) is 0 Å². The lowest BCUT2D eigenvalue weighted by atomic mass is 9.73. The summed E-state index contributed by atoms with van der Waals surface area (Å²) in [5, 5.41) is 4.87. The van der Waals surface area contributed by atoms with Crippen molar-refractivity contribution in [1.29, 1.82) is 0 Å². The van der Waals surface area contributed by atoms with E-state index in [-0.39, 0.29) is 18.0 Å². The molecule has 5 atom stereocenters. The van der Waals surface area contributed by atoms with Crippen molar-refractivity contribution in [3.05, 3.63) is 83.8 Å². The molecule has 6 rings (SSSR count). The second-order valence-electron chi connectivity index (χ2n) is 8.47. The van der Waals surface area contributed by atoms with E-state index in [2.05, 4.69) is 38.9 Å². The fraction of sp³-hybridized carbons (Fsp3) is 0.320. The predicted octanol–water partition coefficient (Wildman–Crippen LogP) is 4.65. The third-order valence-corrected chi connectivity index (χ3v) is 7.03. The van der Waals surface area contributed by atoms with Gasteiger partial charge in [0.15, 0.2) is 0 Å². The first-order chi connectivity index (χ1) is 15.1. The standard InChI is InChI=1S/C25H25ClN4O/c1-2-16-15-30-12-9-17(16)13-23(30)24(29-25(31)22-14-18(26)7-10-28-22)20-8-11-27-21-6-4-3-5-19(20)21/h2-8,10-11,14,16-17,23-24H,1,9,12-13,15H2,(H,29,31)/t16-,17-,23+,24+/m0/s1. The molecule has 0 saturated carbocycles. The van der Waals surface area contributed by atoms with Crippen LogP contribution in [0.4, 0.5) is 0 Å². The smallest absolute Gasteiger partial charge is 0.270 e. The van der Waals surface area contributed by atoms with Crippen LogP contribution in [0.2, 0.25) is 5.02 Å². The van der Waals surface area contributed by atoms with Crippen LogP contribution in [0.15, 0.2) is 67.5 Å². The van der Waals surface area contributed by atoms with Gasteiger partial charge in [0.25, 0.3) is 5.91 Å². The Bertz CT molecular complexity index is 1130. The van der Waals surface area contributed by atoms with Crippen LogP contribution in [0.1, 0.15) is 34.9 Å². The van der Waals surface area contributed by atoms with Gasteiger partial charge >= 0.3 is 0 Å². The summed E-state index contributed by atoms with van der Waals surface area (Å²) in [6, 6.07) is 13.5. The number of piperidine rings is 3. The van der Waals surface area contributed by atoms with E-state index in [0.717, 1.165) is 36.0 Å². The molecule has 1 N–H and O–H groups in total. The minimum Gasteiger partial charge on any atom is -0.342 e. The van der Waals surface area contributed by atoms with Crippen LogP contribution in [0.5, 0.6) is 0 Å². The second-order valence-corrected chi connectivity index (χ2v) is 8.91. The highest BCUT2D eigenvalue weighted by molar-refractivity contribution is 6.30. The van der Waals surface area contributed by atoms with E-state index in [0.29, 0.717) is 22.6 Å². The van der Waals surface area contributed by atoms with Gasteiger partial charge in [-0.15, -0.1) is 6.58 Å². The number of amides is 1. The van der Waals surface area contributed by atoms with Crippen molar-refractivity contribution in [3.8, 4) is 0 Å². The van der Waals surface area contributed by atoms with Crippen molar-refractivity contribution in [2.75, 3.05) is 13.1 Å². The van der Waals surface area contributed by atoms with Crippen LogP contribution in [0.25, 0.3) is 10.9 Å². The zero-order chi connectivity index (χ0) is 21.4. The zero-order valence-electron chi connectivity index (χ0n) is 17.2. The van der Waals surface area contributed by atoms with Crippen LogP contribution >= 0.6 is 11.6 Å². The summed E-state index contributed by atoms with van der Waals surface area (Å²) in [6.07, 6.45) is 7.70. The first-order valence-corrected chi connectivity index (χ1v) is 11.1. The van der Waals surface area contributed by atoms with Crippen molar-refractivity contribution < 1.29 is 4.79 Å². The Morgan fingerprint density at radius 3 is 2.84 bits per heavy atom. The normalized spacial score (nSPS) is 25.8. The summed E-state index contributed by atoms with van der Waals surface area (Å²) in [4.78, 5) is 24.5. The average molecular weight is 433 g/mol. The van der Waals surface area contributed by atoms with Gasteiger partial charge in [-0.25, -0.2) is 0 Å². The number of halogens is 1. The maximum atomic E-state index is 13.2. The van der Waals surface area contributed by atoms with Gasteiger partial charge < -0.3 is 5.32 Å². The molecule has 3 fully saturated rings. The van der Waals surface area contributed by atoms with Crippen LogP contribution in [-0.4, -0.2) is 39.9 Å². The SMILES string of the molecule is C=C[C@H]1CN2CC[C@H]1C[C@@H]2[C@H](NC(=O)c1cc(Cl)ccn1)c1ccnc2ccccc12. The molecule has 5 heterocycles. The topological polar surface area (TPSA) is 58.1 Å². The Kier molecular flexibility index (Phi) is 5.47.